The molecule has 0 aliphatic rings. The number of esters is 1. The maximum Gasteiger partial charge on any atom is 0.337 e. The van der Waals surface area contributed by atoms with Crippen molar-refractivity contribution in [1.82, 2.24) is 0 Å². The molecule has 132 valence electrons. The molecule has 4 rings (SSSR count). The van der Waals surface area contributed by atoms with Crippen molar-refractivity contribution in [3.05, 3.63) is 96.6 Å². The molecule has 0 saturated carbocycles. The minimum Gasteiger partial charge on any atom is -0.465 e. The molecular formula is C24H18O3. The number of carbonyl (C=O) groups is 1. The highest BCUT2D eigenvalue weighted by Crippen LogP contribution is 2.38. The molecular weight excluding hydrogens is 336 g/mol. The maximum atomic E-state index is 11.7. The molecule has 0 fully saturated rings. The molecule has 0 radical (unpaired) electrons. The second-order valence-corrected chi connectivity index (χ2v) is 6.15. The summed E-state index contributed by atoms with van der Waals surface area (Å²) >= 11 is 0. The molecule has 3 nitrogen and oxygen atoms in total. The summed E-state index contributed by atoms with van der Waals surface area (Å²) in [5, 5.41) is 0. The van der Waals surface area contributed by atoms with E-state index < -0.39 is 0 Å². The Bertz CT molecular complexity index is 1050. The van der Waals surface area contributed by atoms with E-state index in [-0.39, 0.29) is 5.97 Å². The smallest absolute Gasteiger partial charge is 0.337 e. The Labute approximate surface area is 157 Å². The van der Waals surface area contributed by atoms with Crippen molar-refractivity contribution in [2.75, 3.05) is 7.11 Å². The number of furan rings is 1. The van der Waals surface area contributed by atoms with Gasteiger partial charge in [-0.05, 0) is 23.8 Å². The van der Waals surface area contributed by atoms with Crippen molar-refractivity contribution in [1.29, 1.82) is 0 Å². The maximum absolute atomic E-state index is 11.7. The third-order valence-electron chi connectivity index (χ3n) is 4.44. The van der Waals surface area contributed by atoms with Crippen LogP contribution in [0.25, 0.3) is 33.8 Å². The molecule has 0 atom stereocenters. The Kier molecular flexibility index (Phi) is 4.58. The molecule has 1 aromatic heterocycles. The van der Waals surface area contributed by atoms with Crippen LogP contribution in [0.1, 0.15) is 10.4 Å². The molecule has 0 unspecified atom stereocenters. The van der Waals surface area contributed by atoms with Gasteiger partial charge in [0.15, 0.2) is 0 Å². The van der Waals surface area contributed by atoms with E-state index in [0.29, 0.717) is 5.56 Å². The molecule has 1 heterocycles. The van der Waals surface area contributed by atoms with E-state index in [1.807, 2.05) is 60.7 Å². The number of carbonyl (C=O) groups excluding carboxylic acids is 1. The molecule has 0 saturated heterocycles. The lowest BCUT2D eigenvalue weighted by Crippen LogP contribution is -2.00. The Morgan fingerprint density at radius 3 is 1.93 bits per heavy atom. The Morgan fingerprint density at radius 1 is 0.741 bits per heavy atom. The normalized spacial score (nSPS) is 10.6. The Morgan fingerprint density at radius 2 is 1.33 bits per heavy atom. The molecule has 3 aromatic carbocycles. The lowest BCUT2D eigenvalue weighted by Gasteiger charge is -2.04. The van der Waals surface area contributed by atoms with Gasteiger partial charge in [0.1, 0.15) is 11.5 Å². The number of rotatable bonds is 4. The van der Waals surface area contributed by atoms with Gasteiger partial charge in [0.25, 0.3) is 0 Å². The zero-order valence-corrected chi connectivity index (χ0v) is 14.9. The van der Waals surface area contributed by atoms with Crippen molar-refractivity contribution in [2.45, 2.75) is 0 Å². The van der Waals surface area contributed by atoms with Crippen LogP contribution in [0, 0.1) is 0 Å². The molecule has 0 N–H and O–H groups in total. The van der Waals surface area contributed by atoms with E-state index in [4.69, 9.17) is 9.15 Å². The third-order valence-corrected chi connectivity index (χ3v) is 4.44. The second-order valence-electron chi connectivity index (χ2n) is 6.15. The number of ether oxygens (including phenoxy) is 1. The minimum absolute atomic E-state index is 0.353. The van der Waals surface area contributed by atoms with Gasteiger partial charge in [-0.3, -0.25) is 0 Å². The highest BCUT2D eigenvalue weighted by Gasteiger charge is 2.16. The van der Waals surface area contributed by atoms with Crippen LogP contribution in [0.15, 0.2) is 95.4 Å². The van der Waals surface area contributed by atoms with Gasteiger partial charge < -0.3 is 9.15 Å². The standard InChI is InChI=1S/C24H18O3/c1-26-24(25)20-14-12-19(13-15-20)23-21(17-8-4-2-5-9-17)16-22(27-23)18-10-6-3-7-11-18/h2-16H,1H3. The predicted molar refractivity (Wildman–Crippen MR) is 106 cm³/mol. The first-order chi connectivity index (χ1) is 13.3. The van der Waals surface area contributed by atoms with Crippen molar-refractivity contribution < 1.29 is 13.9 Å². The second kappa shape index (κ2) is 7.34. The molecule has 0 amide bonds. The van der Waals surface area contributed by atoms with Gasteiger partial charge in [0.05, 0.1) is 12.7 Å². The summed E-state index contributed by atoms with van der Waals surface area (Å²) < 4.78 is 11.0. The summed E-state index contributed by atoms with van der Waals surface area (Å²) in [6, 6.07) is 29.5. The van der Waals surface area contributed by atoms with Gasteiger partial charge in [-0.15, -0.1) is 0 Å². The van der Waals surface area contributed by atoms with E-state index in [9.17, 15) is 4.79 Å². The van der Waals surface area contributed by atoms with E-state index in [1.54, 1.807) is 12.1 Å². The zero-order valence-electron chi connectivity index (χ0n) is 14.9. The van der Waals surface area contributed by atoms with Gasteiger partial charge in [-0.25, -0.2) is 4.79 Å². The van der Waals surface area contributed by atoms with Crippen LogP contribution >= 0.6 is 0 Å². The van der Waals surface area contributed by atoms with Crippen LogP contribution in [-0.4, -0.2) is 13.1 Å². The molecule has 3 heteroatoms. The van der Waals surface area contributed by atoms with Crippen LogP contribution in [0.5, 0.6) is 0 Å². The van der Waals surface area contributed by atoms with Gasteiger partial charge in [0, 0.05) is 16.7 Å². The zero-order chi connectivity index (χ0) is 18.6. The van der Waals surface area contributed by atoms with E-state index in [1.165, 1.54) is 7.11 Å². The number of hydrogen-bond donors (Lipinski definition) is 0. The summed E-state index contributed by atoms with van der Waals surface area (Å²) in [6.45, 7) is 0. The van der Waals surface area contributed by atoms with Crippen LogP contribution in [-0.2, 0) is 4.74 Å². The Hall–Kier alpha value is -3.59. The largest absolute Gasteiger partial charge is 0.465 e. The molecule has 0 aliphatic carbocycles. The summed E-state index contributed by atoms with van der Waals surface area (Å²) in [7, 11) is 1.38. The SMILES string of the molecule is COC(=O)c1ccc(-c2oc(-c3ccccc3)cc2-c2ccccc2)cc1. The summed E-state index contributed by atoms with van der Waals surface area (Å²) in [5.74, 6) is 1.23. The molecule has 0 bridgehead atoms. The van der Waals surface area contributed by atoms with Crippen molar-refractivity contribution in [3.63, 3.8) is 0 Å². The Balaban J connectivity index is 1.83. The van der Waals surface area contributed by atoms with Crippen LogP contribution in [0.3, 0.4) is 0 Å². The van der Waals surface area contributed by atoms with Crippen molar-refractivity contribution >= 4 is 5.97 Å². The van der Waals surface area contributed by atoms with Gasteiger partial charge in [0.2, 0.25) is 0 Å². The topological polar surface area (TPSA) is 39.4 Å². The molecule has 27 heavy (non-hydrogen) atoms. The first-order valence-electron chi connectivity index (χ1n) is 8.69. The van der Waals surface area contributed by atoms with Crippen LogP contribution < -0.4 is 0 Å². The number of benzene rings is 3. The van der Waals surface area contributed by atoms with E-state index >= 15 is 0 Å². The summed E-state index contributed by atoms with van der Waals surface area (Å²) in [5.41, 5.74) is 4.53. The highest BCUT2D eigenvalue weighted by atomic mass is 16.5. The highest BCUT2D eigenvalue weighted by molar-refractivity contribution is 5.90. The molecule has 0 spiro atoms. The number of hydrogen-bond acceptors (Lipinski definition) is 3. The summed E-state index contributed by atoms with van der Waals surface area (Å²) in [4.78, 5) is 11.7. The van der Waals surface area contributed by atoms with Gasteiger partial charge >= 0.3 is 5.97 Å². The average Bonchev–Trinajstić information content (AvgIpc) is 3.20. The quantitative estimate of drug-likeness (QED) is 0.418. The fourth-order valence-corrected chi connectivity index (χ4v) is 3.06. The van der Waals surface area contributed by atoms with Crippen molar-refractivity contribution in [3.8, 4) is 33.8 Å². The first-order valence-corrected chi connectivity index (χ1v) is 8.69. The lowest BCUT2D eigenvalue weighted by molar-refractivity contribution is 0.0600. The fraction of sp³-hybridized carbons (Fsp3) is 0.0417. The minimum atomic E-state index is -0.353. The molecule has 0 aliphatic heterocycles. The lowest BCUT2D eigenvalue weighted by atomic mass is 10.0. The monoisotopic (exact) mass is 354 g/mol. The van der Waals surface area contributed by atoms with E-state index in [0.717, 1.165) is 33.8 Å². The molecule has 4 aromatic rings. The average molecular weight is 354 g/mol. The van der Waals surface area contributed by atoms with Gasteiger partial charge in [-0.1, -0.05) is 72.8 Å². The van der Waals surface area contributed by atoms with Gasteiger partial charge in [-0.2, -0.15) is 0 Å². The van der Waals surface area contributed by atoms with Crippen molar-refractivity contribution in [2.24, 2.45) is 0 Å². The third kappa shape index (κ3) is 3.40. The fourth-order valence-electron chi connectivity index (χ4n) is 3.06. The summed E-state index contributed by atoms with van der Waals surface area (Å²) in [6.07, 6.45) is 0. The van der Waals surface area contributed by atoms with E-state index in [2.05, 4.69) is 18.2 Å². The van der Waals surface area contributed by atoms with Crippen LogP contribution in [0.2, 0.25) is 0 Å². The first kappa shape index (κ1) is 16.9. The van der Waals surface area contributed by atoms with Crippen LogP contribution in [0.4, 0.5) is 0 Å². The predicted octanol–water partition coefficient (Wildman–Crippen LogP) is 6.07. The number of methoxy groups -OCH3 is 1.